The number of ether oxygens (including phenoxy) is 2. The molecule has 4 rings (SSSR count). The number of benzene rings is 2. The van der Waals surface area contributed by atoms with E-state index in [1.807, 2.05) is 65.0 Å². The largest absolute Gasteiger partial charge is 1.00 e. The number of hydrogen-bond donors (Lipinski definition) is 2. The van der Waals surface area contributed by atoms with Crippen molar-refractivity contribution < 1.29 is 75.6 Å². The Morgan fingerprint density at radius 3 is 2.36 bits per heavy atom. The first-order valence-corrected chi connectivity index (χ1v) is 12.3. The summed E-state index contributed by atoms with van der Waals surface area (Å²) in [7, 11) is 2.64. The van der Waals surface area contributed by atoms with E-state index in [1.54, 1.807) is 19.1 Å². The molecule has 2 unspecified atom stereocenters. The molecule has 0 saturated heterocycles. The molecule has 3 aromatic rings. The van der Waals surface area contributed by atoms with Gasteiger partial charge in [-0.2, -0.15) is 0 Å². The summed E-state index contributed by atoms with van der Waals surface area (Å²) in [6, 6.07) is 12.9. The third-order valence-electron chi connectivity index (χ3n) is 5.37. The predicted octanol–water partition coefficient (Wildman–Crippen LogP) is 0.750. The van der Waals surface area contributed by atoms with Gasteiger partial charge in [0.15, 0.2) is 17.3 Å². The maximum absolute atomic E-state index is 12.0. The molecular formula is C27H36KN2O5P. The van der Waals surface area contributed by atoms with Gasteiger partial charge in [0.05, 0.1) is 12.1 Å². The van der Waals surface area contributed by atoms with Crippen LogP contribution in [0.4, 0.5) is 0 Å². The zero-order chi connectivity index (χ0) is 26.2. The number of aromatic nitrogens is 1. The Bertz CT molecular complexity index is 1160. The fourth-order valence-corrected chi connectivity index (χ4v) is 3.61. The number of H-pyrrole nitrogens is 1. The summed E-state index contributed by atoms with van der Waals surface area (Å²) in [5.74, 6) is 1.27. The van der Waals surface area contributed by atoms with Gasteiger partial charge in [-0.3, -0.25) is 9.59 Å². The van der Waals surface area contributed by atoms with E-state index >= 15 is 0 Å². The van der Waals surface area contributed by atoms with E-state index in [0.717, 1.165) is 21.8 Å². The summed E-state index contributed by atoms with van der Waals surface area (Å²) < 4.78 is 10.5. The molecule has 2 N–H and O–H groups in total. The van der Waals surface area contributed by atoms with Gasteiger partial charge in [-0.05, 0) is 46.6 Å². The molecule has 190 valence electrons. The average Bonchev–Trinajstić information content (AvgIpc) is 3.44. The van der Waals surface area contributed by atoms with E-state index in [4.69, 9.17) is 9.47 Å². The second-order valence-corrected chi connectivity index (χ2v) is 9.77. The molecule has 0 saturated carbocycles. The van der Waals surface area contributed by atoms with Gasteiger partial charge in [-0.15, -0.1) is 15.8 Å². The van der Waals surface area contributed by atoms with E-state index in [9.17, 15) is 14.7 Å². The van der Waals surface area contributed by atoms with Crippen molar-refractivity contribution in [2.75, 3.05) is 13.4 Å². The maximum Gasteiger partial charge on any atom is 1.00 e. The number of fused-ring (bicyclic) bond motifs is 2. The van der Waals surface area contributed by atoms with E-state index in [-0.39, 0.29) is 94.4 Å². The third kappa shape index (κ3) is 9.56. The van der Waals surface area contributed by atoms with Crippen molar-refractivity contribution in [2.45, 2.75) is 54.0 Å². The molecule has 0 bridgehead atoms. The monoisotopic (exact) mass is 538 g/mol. The van der Waals surface area contributed by atoms with Gasteiger partial charge in [0, 0.05) is 23.9 Å². The number of Topliss-reactive ketones (excluding diaryl/α,β-unsaturated/α-hetero) is 1. The van der Waals surface area contributed by atoms with Crippen molar-refractivity contribution in [3.8, 4) is 11.5 Å². The molecule has 1 aromatic heterocycles. The van der Waals surface area contributed by atoms with Crippen LogP contribution in [0.25, 0.3) is 10.9 Å². The fraction of sp³-hybridized carbons (Fsp3) is 0.407. The number of carbonyl (C=O) groups excluding carboxylic acids is 2. The molecule has 2 atom stereocenters. The number of carbonyl (C=O) groups is 2. The number of amides is 1. The van der Waals surface area contributed by atoms with Gasteiger partial charge >= 0.3 is 51.4 Å². The smallest absolute Gasteiger partial charge is 0.853 e. The molecule has 0 fully saturated rings. The summed E-state index contributed by atoms with van der Waals surface area (Å²) in [5.41, 5.74) is 2.28. The second-order valence-electron chi connectivity index (χ2n) is 9.10. The average molecular weight is 539 g/mol. The zero-order valence-corrected chi connectivity index (χ0v) is 26.6. The van der Waals surface area contributed by atoms with Crippen molar-refractivity contribution in [1.82, 2.24) is 10.3 Å². The standard InChI is InChI=1S/C15H20NO4.C10H10NOP.C2H6.K/c1-15(2,3)13(8-17)16-14(18)7-10-4-5-11-12(6-10)20-9-19-11;1-6(12)10-5-7-4-8(13)2-3-9(7)11-10;1-2;/h4-6,13H,7-9H2,1-3H3,(H,16,18);2-5,11H,13H2,1H3;1-2H3;/q-1;;;+1. The van der Waals surface area contributed by atoms with E-state index in [2.05, 4.69) is 19.5 Å². The number of aromatic amines is 1. The summed E-state index contributed by atoms with van der Waals surface area (Å²) >= 11 is 0. The second kappa shape index (κ2) is 15.2. The van der Waals surface area contributed by atoms with Gasteiger partial charge in [0.25, 0.3) is 0 Å². The summed E-state index contributed by atoms with van der Waals surface area (Å²) in [6.07, 6.45) is 0.225. The molecule has 9 heteroatoms. The van der Waals surface area contributed by atoms with Crippen molar-refractivity contribution in [1.29, 1.82) is 0 Å². The van der Waals surface area contributed by atoms with Crippen LogP contribution >= 0.6 is 9.24 Å². The Labute approximate surface area is 258 Å². The van der Waals surface area contributed by atoms with Crippen LogP contribution < -0.4 is 76.6 Å². The molecule has 1 amide bonds. The molecule has 0 aliphatic carbocycles. The van der Waals surface area contributed by atoms with Crippen LogP contribution in [0.1, 0.15) is 57.6 Å². The molecule has 2 heterocycles. The zero-order valence-electron chi connectivity index (χ0n) is 22.4. The SMILES string of the molecule is CC.CC(=O)c1cc2cc(P)ccc2[nH]1.CC(C)(C)C(C[O-])NC(=O)Cc1ccc2c(c1)OCO2.[K+]. The molecule has 36 heavy (non-hydrogen) atoms. The minimum absolute atomic E-state index is 0. The topological polar surface area (TPSA) is 103 Å². The molecule has 7 nitrogen and oxygen atoms in total. The maximum atomic E-state index is 12.0. The van der Waals surface area contributed by atoms with Crippen LogP contribution in [0.15, 0.2) is 42.5 Å². The molecular weight excluding hydrogens is 502 g/mol. The first-order chi connectivity index (χ1) is 16.6. The number of nitrogens with one attached hydrogen (secondary N) is 2. The minimum Gasteiger partial charge on any atom is -0.853 e. The van der Waals surface area contributed by atoms with Crippen LogP contribution in [0.2, 0.25) is 0 Å². The first-order valence-electron chi connectivity index (χ1n) is 11.7. The van der Waals surface area contributed by atoms with Gasteiger partial charge in [0.2, 0.25) is 12.7 Å². The Morgan fingerprint density at radius 1 is 1.08 bits per heavy atom. The van der Waals surface area contributed by atoms with E-state index in [1.165, 1.54) is 0 Å². The van der Waals surface area contributed by atoms with Crippen molar-refractivity contribution in [3.63, 3.8) is 0 Å². The minimum atomic E-state index is -0.371. The molecule has 1 aliphatic heterocycles. The molecule has 0 spiro atoms. The van der Waals surface area contributed by atoms with Crippen LogP contribution in [-0.2, 0) is 11.2 Å². The Balaban J connectivity index is 0.000000351. The Kier molecular flexibility index (Phi) is 13.9. The summed E-state index contributed by atoms with van der Waals surface area (Å²) in [6.45, 7) is 11.3. The summed E-state index contributed by atoms with van der Waals surface area (Å²) in [4.78, 5) is 26.1. The van der Waals surface area contributed by atoms with Crippen LogP contribution in [0.5, 0.6) is 11.5 Å². The molecule has 0 radical (unpaired) electrons. The van der Waals surface area contributed by atoms with Gasteiger partial charge < -0.3 is 24.9 Å². The first kappa shape index (κ1) is 32.8. The Hall–Kier alpha value is -1.25. The Morgan fingerprint density at radius 2 is 1.75 bits per heavy atom. The van der Waals surface area contributed by atoms with Crippen molar-refractivity contribution in [2.24, 2.45) is 5.41 Å². The van der Waals surface area contributed by atoms with Gasteiger partial charge in [-0.1, -0.05) is 46.8 Å². The number of ketones is 1. The van der Waals surface area contributed by atoms with Crippen molar-refractivity contribution in [3.05, 3.63) is 53.7 Å². The van der Waals surface area contributed by atoms with Gasteiger partial charge in [-0.25, -0.2) is 0 Å². The number of rotatable bonds is 5. The third-order valence-corrected chi connectivity index (χ3v) is 5.73. The number of hydrogen-bond acceptors (Lipinski definition) is 5. The predicted molar refractivity (Wildman–Crippen MR) is 142 cm³/mol. The van der Waals surface area contributed by atoms with Crippen LogP contribution in [-0.4, -0.2) is 36.1 Å². The van der Waals surface area contributed by atoms with E-state index < -0.39 is 0 Å². The molecule has 1 aliphatic rings. The van der Waals surface area contributed by atoms with Gasteiger partial charge in [0.1, 0.15) is 0 Å². The quantitative estimate of drug-likeness (QED) is 0.284. The van der Waals surface area contributed by atoms with E-state index in [0.29, 0.717) is 17.2 Å². The van der Waals surface area contributed by atoms with Crippen molar-refractivity contribution >= 4 is 37.1 Å². The fourth-order valence-electron chi connectivity index (χ4n) is 3.33. The summed E-state index contributed by atoms with van der Waals surface area (Å²) in [5, 5.41) is 16.2. The molecule has 2 aromatic carbocycles. The van der Waals surface area contributed by atoms with Crippen LogP contribution in [0, 0.1) is 5.41 Å². The van der Waals surface area contributed by atoms with Crippen LogP contribution in [0.3, 0.4) is 0 Å². The normalized spacial score (nSPS) is 12.3.